The van der Waals surface area contributed by atoms with E-state index in [2.05, 4.69) is 5.32 Å². The second-order valence-corrected chi connectivity index (χ2v) is 8.76. The fraction of sp³-hybridized carbons (Fsp3) is 0.423. The van der Waals surface area contributed by atoms with Crippen molar-refractivity contribution in [2.24, 2.45) is 5.92 Å². The van der Waals surface area contributed by atoms with E-state index in [1.807, 2.05) is 38.1 Å². The van der Waals surface area contributed by atoms with Gasteiger partial charge in [-0.15, -0.1) is 0 Å². The van der Waals surface area contributed by atoms with Gasteiger partial charge in [-0.1, -0.05) is 26.0 Å². The molecule has 0 bridgehead atoms. The normalized spacial score (nSPS) is 14.6. The molecule has 0 aromatic heterocycles. The van der Waals surface area contributed by atoms with Gasteiger partial charge >= 0.3 is 0 Å². The van der Waals surface area contributed by atoms with Crippen molar-refractivity contribution in [1.29, 1.82) is 0 Å². The molecule has 0 radical (unpaired) electrons. The lowest BCUT2D eigenvalue weighted by Crippen LogP contribution is -2.57. The summed E-state index contributed by atoms with van der Waals surface area (Å²) in [4.78, 5) is 41.8. The lowest BCUT2D eigenvalue weighted by molar-refractivity contribution is -0.141. The zero-order valence-electron chi connectivity index (χ0n) is 19.9. The Morgan fingerprint density at radius 2 is 1.53 bits per heavy atom. The molecule has 1 N–H and O–H groups in total. The van der Waals surface area contributed by atoms with E-state index in [4.69, 9.17) is 4.74 Å². The quantitative estimate of drug-likeness (QED) is 0.645. The SMILES string of the molecule is COc1ccc(CCC(=O)N2CCN(C(=O)C(NC(=O)c3ccc(F)cc3)C(C)C)CC2)cc1. The van der Waals surface area contributed by atoms with E-state index in [0.717, 1.165) is 11.3 Å². The predicted molar refractivity (Wildman–Crippen MR) is 127 cm³/mol. The van der Waals surface area contributed by atoms with E-state index >= 15 is 0 Å². The number of ether oxygens (including phenoxy) is 1. The minimum absolute atomic E-state index is 0.0629. The number of carbonyl (C=O) groups excluding carboxylic acids is 3. The first kappa shape index (κ1) is 25.2. The van der Waals surface area contributed by atoms with Crippen LogP contribution >= 0.6 is 0 Å². The highest BCUT2D eigenvalue weighted by atomic mass is 19.1. The number of piperazine rings is 1. The summed E-state index contributed by atoms with van der Waals surface area (Å²) in [7, 11) is 1.62. The summed E-state index contributed by atoms with van der Waals surface area (Å²) < 4.78 is 18.3. The number of amides is 3. The summed E-state index contributed by atoms with van der Waals surface area (Å²) in [5, 5.41) is 2.79. The summed E-state index contributed by atoms with van der Waals surface area (Å²) in [5.74, 6) is -0.293. The molecule has 1 fully saturated rings. The molecule has 1 aliphatic heterocycles. The van der Waals surface area contributed by atoms with Crippen molar-refractivity contribution in [3.63, 3.8) is 0 Å². The van der Waals surface area contributed by atoms with Crippen LogP contribution in [-0.2, 0) is 16.0 Å². The van der Waals surface area contributed by atoms with Gasteiger partial charge in [0.1, 0.15) is 17.6 Å². The average molecular weight is 470 g/mol. The number of benzene rings is 2. The molecule has 34 heavy (non-hydrogen) atoms. The van der Waals surface area contributed by atoms with Crippen LogP contribution < -0.4 is 10.1 Å². The van der Waals surface area contributed by atoms with E-state index in [1.54, 1.807) is 16.9 Å². The molecule has 0 aliphatic carbocycles. The van der Waals surface area contributed by atoms with E-state index < -0.39 is 17.8 Å². The van der Waals surface area contributed by atoms with Crippen molar-refractivity contribution in [1.82, 2.24) is 15.1 Å². The van der Waals surface area contributed by atoms with Crippen LogP contribution in [0.15, 0.2) is 48.5 Å². The molecule has 1 saturated heterocycles. The van der Waals surface area contributed by atoms with Crippen molar-refractivity contribution in [3.05, 3.63) is 65.5 Å². The lowest BCUT2D eigenvalue weighted by Gasteiger charge is -2.37. The Morgan fingerprint density at radius 1 is 0.941 bits per heavy atom. The molecule has 1 heterocycles. The molecular weight excluding hydrogens is 437 g/mol. The van der Waals surface area contributed by atoms with Crippen molar-refractivity contribution in [2.45, 2.75) is 32.7 Å². The fourth-order valence-corrected chi connectivity index (χ4v) is 3.91. The molecular formula is C26H32FN3O4. The zero-order valence-corrected chi connectivity index (χ0v) is 19.9. The molecule has 0 saturated carbocycles. The number of hydrogen-bond donors (Lipinski definition) is 1. The molecule has 1 aliphatic rings. The number of carbonyl (C=O) groups is 3. The molecule has 0 spiro atoms. The van der Waals surface area contributed by atoms with Crippen molar-refractivity contribution >= 4 is 17.7 Å². The summed E-state index contributed by atoms with van der Waals surface area (Å²) in [6.45, 7) is 5.50. The van der Waals surface area contributed by atoms with Gasteiger partial charge in [-0.05, 0) is 54.3 Å². The maximum Gasteiger partial charge on any atom is 0.251 e. The van der Waals surface area contributed by atoms with Gasteiger partial charge in [-0.25, -0.2) is 4.39 Å². The Morgan fingerprint density at radius 3 is 2.09 bits per heavy atom. The summed E-state index contributed by atoms with van der Waals surface area (Å²) >= 11 is 0. The predicted octanol–water partition coefficient (Wildman–Crippen LogP) is 2.89. The van der Waals surface area contributed by atoms with Crippen molar-refractivity contribution < 1.29 is 23.5 Å². The molecule has 8 heteroatoms. The summed E-state index contributed by atoms with van der Waals surface area (Å²) in [5.41, 5.74) is 1.37. The second-order valence-electron chi connectivity index (χ2n) is 8.76. The minimum Gasteiger partial charge on any atom is -0.497 e. The number of nitrogens with zero attached hydrogens (tertiary/aromatic N) is 2. The molecule has 1 unspecified atom stereocenters. The highest BCUT2D eigenvalue weighted by Crippen LogP contribution is 2.15. The fourth-order valence-electron chi connectivity index (χ4n) is 3.91. The zero-order chi connectivity index (χ0) is 24.7. The molecule has 2 aromatic carbocycles. The van der Waals surface area contributed by atoms with Gasteiger partial charge < -0.3 is 19.9 Å². The van der Waals surface area contributed by atoms with Crippen LogP contribution in [0.5, 0.6) is 5.75 Å². The van der Waals surface area contributed by atoms with Crippen molar-refractivity contribution in [2.75, 3.05) is 33.3 Å². The van der Waals surface area contributed by atoms with E-state index in [1.165, 1.54) is 24.3 Å². The largest absolute Gasteiger partial charge is 0.497 e. The van der Waals surface area contributed by atoms with Crippen LogP contribution in [0.25, 0.3) is 0 Å². The van der Waals surface area contributed by atoms with Gasteiger partial charge in [0, 0.05) is 38.2 Å². The topological polar surface area (TPSA) is 79.0 Å². The maximum absolute atomic E-state index is 13.1. The number of halogens is 1. The first-order valence-electron chi connectivity index (χ1n) is 11.5. The van der Waals surface area contributed by atoms with E-state index in [0.29, 0.717) is 44.6 Å². The van der Waals surface area contributed by atoms with Gasteiger partial charge in [0.15, 0.2) is 0 Å². The van der Waals surface area contributed by atoms with Gasteiger partial charge in [0.05, 0.1) is 7.11 Å². The molecule has 182 valence electrons. The summed E-state index contributed by atoms with van der Waals surface area (Å²) in [6.07, 6.45) is 1.05. The van der Waals surface area contributed by atoms with Crippen LogP contribution in [0.1, 0.15) is 36.2 Å². The molecule has 1 atom stereocenters. The highest BCUT2D eigenvalue weighted by molar-refractivity contribution is 5.97. The van der Waals surface area contributed by atoms with E-state index in [9.17, 15) is 18.8 Å². The number of nitrogens with one attached hydrogen (secondary N) is 1. The van der Waals surface area contributed by atoms with Crippen LogP contribution in [0, 0.1) is 11.7 Å². The molecule has 7 nitrogen and oxygen atoms in total. The Balaban J connectivity index is 1.50. The maximum atomic E-state index is 13.1. The van der Waals surface area contributed by atoms with Crippen LogP contribution in [0.4, 0.5) is 4.39 Å². The van der Waals surface area contributed by atoms with Gasteiger partial charge in [-0.2, -0.15) is 0 Å². The first-order valence-corrected chi connectivity index (χ1v) is 11.5. The Bertz CT molecular complexity index is 984. The van der Waals surface area contributed by atoms with Crippen LogP contribution in [0.3, 0.4) is 0 Å². The molecule has 3 amide bonds. The highest BCUT2D eigenvalue weighted by Gasteiger charge is 2.31. The van der Waals surface area contributed by atoms with Gasteiger partial charge in [-0.3, -0.25) is 14.4 Å². The second kappa shape index (κ2) is 11.6. The van der Waals surface area contributed by atoms with Crippen LogP contribution in [0.2, 0.25) is 0 Å². The Kier molecular flexibility index (Phi) is 8.62. The molecule has 2 aromatic rings. The van der Waals surface area contributed by atoms with E-state index in [-0.39, 0.29) is 17.7 Å². The number of aryl methyl sites for hydroxylation is 1. The number of rotatable bonds is 8. The standard InChI is InChI=1S/C26H32FN3O4/c1-18(2)24(28-25(32)20-7-9-21(27)10-8-20)26(33)30-16-14-29(15-17-30)23(31)13-6-19-4-11-22(34-3)12-5-19/h4-5,7-12,18,24H,6,13-17H2,1-3H3,(H,28,32). The first-order chi connectivity index (χ1) is 16.3. The smallest absolute Gasteiger partial charge is 0.251 e. The van der Waals surface area contributed by atoms with Crippen molar-refractivity contribution in [3.8, 4) is 5.75 Å². The number of methoxy groups -OCH3 is 1. The Hall–Kier alpha value is -3.42. The summed E-state index contributed by atoms with van der Waals surface area (Å²) in [6, 6.07) is 12.2. The lowest BCUT2D eigenvalue weighted by atomic mass is 10.0. The third-order valence-corrected chi connectivity index (χ3v) is 6.06. The average Bonchev–Trinajstić information content (AvgIpc) is 2.86. The van der Waals surface area contributed by atoms with Gasteiger partial charge in [0.2, 0.25) is 11.8 Å². The van der Waals surface area contributed by atoms with Gasteiger partial charge in [0.25, 0.3) is 5.91 Å². The minimum atomic E-state index is -0.699. The monoisotopic (exact) mass is 469 g/mol. The Labute approximate surface area is 199 Å². The van der Waals surface area contributed by atoms with Crippen LogP contribution in [-0.4, -0.2) is 66.9 Å². The molecule has 3 rings (SSSR count). The number of hydrogen-bond acceptors (Lipinski definition) is 4. The third-order valence-electron chi connectivity index (χ3n) is 6.06. The third kappa shape index (κ3) is 6.56.